The molecule has 0 bridgehead atoms. The van der Waals surface area contributed by atoms with Crippen LogP contribution in [0.1, 0.15) is 92.9 Å². The van der Waals surface area contributed by atoms with Crippen molar-refractivity contribution in [2.75, 3.05) is 19.8 Å². The predicted molar refractivity (Wildman–Crippen MR) is 97.9 cm³/mol. The molecular formula is C20H40O3. The van der Waals surface area contributed by atoms with Gasteiger partial charge in [-0.05, 0) is 33.6 Å². The molecule has 0 fully saturated rings. The van der Waals surface area contributed by atoms with Crippen molar-refractivity contribution in [1.29, 1.82) is 0 Å². The Hall–Kier alpha value is -0.410. The van der Waals surface area contributed by atoms with E-state index in [2.05, 4.69) is 20.8 Å². The van der Waals surface area contributed by atoms with Crippen molar-refractivity contribution in [3.05, 3.63) is 0 Å². The molecule has 0 N–H and O–H groups in total. The summed E-state index contributed by atoms with van der Waals surface area (Å²) < 4.78 is 11.3. The van der Waals surface area contributed by atoms with E-state index in [1.807, 2.05) is 20.8 Å². The molecule has 0 aromatic rings. The number of carbonyl (C=O) groups is 1. The Bertz CT molecular complexity index is 297. The third kappa shape index (κ3) is 16.2. The molecular weight excluding hydrogens is 288 g/mol. The molecule has 0 aliphatic carbocycles. The van der Waals surface area contributed by atoms with Crippen molar-refractivity contribution in [3.63, 3.8) is 0 Å². The number of carbonyl (C=O) groups excluding carboxylic acids is 1. The number of ketones is 1. The van der Waals surface area contributed by atoms with Gasteiger partial charge in [-0.3, -0.25) is 4.79 Å². The summed E-state index contributed by atoms with van der Waals surface area (Å²) in [5, 5.41) is 0. The summed E-state index contributed by atoms with van der Waals surface area (Å²) in [5.41, 5.74) is -0.237. The van der Waals surface area contributed by atoms with Crippen LogP contribution in [0.4, 0.5) is 0 Å². The van der Waals surface area contributed by atoms with E-state index in [0.29, 0.717) is 13.0 Å². The smallest absolute Gasteiger partial charge is 0.140 e. The second-order valence-electron chi connectivity index (χ2n) is 8.47. The van der Waals surface area contributed by atoms with E-state index in [-0.39, 0.29) is 16.8 Å². The van der Waals surface area contributed by atoms with Crippen molar-refractivity contribution in [2.45, 2.75) is 98.5 Å². The summed E-state index contributed by atoms with van der Waals surface area (Å²) in [7, 11) is 0. The average molecular weight is 329 g/mol. The van der Waals surface area contributed by atoms with Crippen LogP contribution in [0, 0.1) is 5.41 Å². The molecule has 0 aromatic heterocycles. The minimum atomic E-state index is -0.235. The summed E-state index contributed by atoms with van der Waals surface area (Å²) in [4.78, 5) is 11.7. The highest BCUT2D eigenvalue weighted by Crippen LogP contribution is 2.16. The number of hydrogen-bond acceptors (Lipinski definition) is 3. The third-order valence-corrected chi connectivity index (χ3v) is 3.78. The van der Waals surface area contributed by atoms with E-state index >= 15 is 0 Å². The molecule has 138 valence electrons. The van der Waals surface area contributed by atoms with Gasteiger partial charge in [0.05, 0.1) is 12.2 Å². The SMILES string of the molecule is CC(C)(C)OCCCCCCCCCOCCC(=O)C(C)(C)C. The average Bonchev–Trinajstić information content (AvgIpc) is 2.41. The fraction of sp³-hybridized carbons (Fsp3) is 0.950. The van der Waals surface area contributed by atoms with Crippen molar-refractivity contribution in [2.24, 2.45) is 5.41 Å². The largest absolute Gasteiger partial charge is 0.381 e. The molecule has 0 saturated carbocycles. The Kier molecular flexibility index (Phi) is 11.8. The van der Waals surface area contributed by atoms with Crippen LogP contribution < -0.4 is 0 Å². The van der Waals surface area contributed by atoms with E-state index in [0.717, 1.165) is 19.6 Å². The number of unbranched alkanes of at least 4 members (excludes halogenated alkanes) is 6. The molecule has 0 heterocycles. The summed E-state index contributed by atoms with van der Waals surface area (Å²) in [6.07, 6.45) is 9.20. The van der Waals surface area contributed by atoms with Crippen LogP contribution in [-0.4, -0.2) is 31.2 Å². The standard InChI is InChI=1S/C20H40O3/c1-19(2,3)18(21)14-17-22-15-12-10-8-7-9-11-13-16-23-20(4,5)6/h7-17H2,1-6H3. The monoisotopic (exact) mass is 328 g/mol. The first-order valence-corrected chi connectivity index (χ1v) is 9.38. The van der Waals surface area contributed by atoms with Gasteiger partial charge in [-0.25, -0.2) is 0 Å². The van der Waals surface area contributed by atoms with Gasteiger partial charge in [0.1, 0.15) is 5.78 Å². The van der Waals surface area contributed by atoms with Gasteiger partial charge in [-0.15, -0.1) is 0 Å². The Labute approximate surface area is 144 Å². The summed E-state index contributed by atoms with van der Waals surface area (Å²) in [6.45, 7) is 14.4. The van der Waals surface area contributed by atoms with Crippen LogP contribution in [0.2, 0.25) is 0 Å². The molecule has 0 aromatic carbocycles. The number of Topliss-reactive ketones (excluding diaryl/α,β-unsaturated/α-hetero) is 1. The molecule has 0 aliphatic heterocycles. The Balaban J connectivity index is 3.21. The first kappa shape index (κ1) is 22.6. The zero-order chi connectivity index (χ0) is 17.8. The van der Waals surface area contributed by atoms with E-state index in [1.165, 1.54) is 38.5 Å². The van der Waals surface area contributed by atoms with Gasteiger partial charge < -0.3 is 9.47 Å². The highest BCUT2D eigenvalue weighted by molar-refractivity contribution is 5.83. The van der Waals surface area contributed by atoms with Gasteiger partial charge in [0.2, 0.25) is 0 Å². The maximum atomic E-state index is 11.7. The van der Waals surface area contributed by atoms with E-state index in [1.54, 1.807) is 0 Å². The molecule has 0 radical (unpaired) electrons. The molecule has 0 spiro atoms. The van der Waals surface area contributed by atoms with E-state index < -0.39 is 0 Å². The molecule has 0 amide bonds. The highest BCUT2D eigenvalue weighted by atomic mass is 16.5. The van der Waals surface area contributed by atoms with Crippen molar-refractivity contribution < 1.29 is 14.3 Å². The van der Waals surface area contributed by atoms with Crippen LogP contribution >= 0.6 is 0 Å². The Morgan fingerprint density at radius 2 is 1.17 bits per heavy atom. The molecule has 0 unspecified atom stereocenters. The van der Waals surface area contributed by atoms with Gasteiger partial charge in [-0.2, -0.15) is 0 Å². The van der Waals surface area contributed by atoms with Crippen LogP contribution in [0.25, 0.3) is 0 Å². The Morgan fingerprint density at radius 3 is 1.65 bits per heavy atom. The molecule has 3 nitrogen and oxygen atoms in total. The molecule has 23 heavy (non-hydrogen) atoms. The van der Waals surface area contributed by atoms with Gasteiger partial charge in [0.15, 0.2) is 0 Å². The van der Waals surface area contributed by atoms with Crippen molar-refractivity contribution in [3.8, 4) is 0 Å². The lowest BCUT2D eigenvalue weighted by Gasteiger charge is -2.19. The summed E-state index contributed by atoms with van der Waals surface area (Å²) in [6, 6.07) is 0. The zero-order valence-corrected chi connectivity index (χ0v) is 16.5. The highest BCUT2D eigenvalue weighted by Gasteiger charge is 2.20. The van der Waals surface area contributed by atoms with E-state index in [4.69, 9.17) is 9.47 Å². The summed E-state index contributed by atoms with van der Waals surface area (Å²) in [5.74, 6) is 0.285. The lowest BCUT2D eigenvalue weighted by Crippen LogP contribution is -2.21. The fourth-order valence-electron chi connectivity index (χ4n) is 2.21. The minimum Gasteiger partial charge on any atom is -0.381 e. The number of ether oxygens (including phenoxy) is 2. The topological polar surface area (TPSA) is 35.5 Å². The predicted octanol–water partition coefficient (Wildman–Crippen LogP) is 5.55. The van der Waals surface area contributed by atoms with Crippen LogP contribution in [0.15, 0.2) is 0 Å². The molecule has 0 aliphatic rings. The first-order valence-electron chi connectivity index (χ1n) is 9.38. The second kappa shape index (κ2) is 12.0. The van der Waals surface area contributed by atoms with Gasteiger partial charge in [-0.1, -0.05) is 52.9 Å². The molecule has 0 atom stereocenters. The number of hydrogen-bond donors (Lipinski definition) is 0. The third-order valence-electron chi connectivity index (χ3n) is 3.78. The molecule has 0 saturated heterocycles. The van der Waals surface area contributed by atoms with Crippen LogP contribution in [0.5, 0.6) is 0 Å². The van der Waals surface area contributed by atoms with Gasteiger partial charge in [0.25, 0.3) is 0 Å². The van der Waals surface area contributed by atoms with Crippen molar-refractivity contribution in [1.82, 2.24) is 0 Å². The zero-order valence-electron chi connectivity index (χ0n) is 16.5. The van der Waals surface area contributed by atoms with Gasteiger partial charge in [0, 0.05) is 25.0 Å². The summed E-state index contributed by atoms with van der Waals surface area (Å²) >= 11 is 0. The normalized spacial score (nSPS) is 12.6. The fourth-order valence-corrected chi connectivity index (χ4v) is 2.21. The van der Waals surface area contributed by atoms with Gasteiger partial charge >= 0.3 is 0 Å². The van der Waals surface area contributed by atoms with Crippen molar-refractivity contribution >= 4 is 5.78 Å². The minimum absolute atomic E-state index is 0.00249. The Morgan fingerprint density at radius 1 is 0.696 bits per heavy atom. The molecule has 0 rings (SSSR count). The first-order chi connectivity index (χ1) is 10.6. The van der Waals surface area contributed by atoms with E-state index in [9.17, 15) is 4.79 Å². The number of rotatable bonds is 13. The lowest BCUT2D eigenvalue weighted by atomic mass is 9.89. The maximum absolute atomic E-state index is 11.7. The van der Waals surface area contributed by atoms with Crippen LogP contribution in [0.3, 0.4) is 0 Å². The lowest BCUT2D eigenvalue weighted by molar-refractivity contribution is -0.127. The maximum Gasteiger partial charge on any atom is 0.140 e. The molecule has 3 heteroatoms. The van der Waals surface area contributed by atoms with Crippen LogP contribution in [-0.2, 0) is 14.3 Å². The quantitative estimate of drug-likeness (QED) is 0.416. The second-order valence-corrected chi connectivity index (χ2v) is 8.47.